The van der Waals surface area contributed by atoms with Crippen molar-refractivity contribution in [1.29, 1.82) is 0 Å². The van der Waals surface area contributed by atoms with Crippen molar-refractivity contribution < 1.29 is 39.6 Å². The molecule has 0 spiro atoms. The van der Waals surface area contributed by atoms with Crippen molar-refractivity contribution in [2.75, 3.05) is 0 Å². The molecule has 4 N–H and O–H groups in total. The molecule has 0 heterocycles. The summed E-state index contributed by atoms with van der Waals surface area (Å²) in [5, 5.41) is 43.4. The minimum absolute atomic E-state index is 0.165. The van der Waals surface area contributed by atoms with Gasteiger partial charge in [-0.05, 0) is 159 Å². The van der Waals surface area contributed by atoms with Crippen LogP contribution < -0.4 is 0 Å². The smallest absolute Gasteiger partial charge is 0.232 e. The van der Waals surface area contributed by atoms with Gasteiger partial charge in [0, 0.05) is 0 Å². The molecule has 0 aliphatic heterocycles. The van der Waals surface area contributed by atoms with E-state index in [-0.39, 0.29) is 24.0 Å². The standard InChI is InChI=1S/C52H70O8/c1-33(2)17-11-19-35(5)21-13-23-37(7)25-15-27-39(9)29-31-41-45(53)49(57)43(50(58)46(41)54)44-51(59)47(55)42(48(56)52(44)60)32-30-40(10)28-16-26-38(8)24-14-22-36(6)20-12-18-34(3)4/h17-18,21-22,25-26,29-30,53,55,58,60H,11-16,19-20,23-24,27-28,31-32H2,1-10H3/b35-21+,36-22+,37-25+,38-26+,39-29+,40-30+. The Balaban J connectivity index is 2.04. The highest BCUT2D eigenvalue weighted by atomic mass is 16.3. The molecule has 2 aliphatic carbocycles. The molecule has 0 saturated carbocycles. The van der Waals surface area contributed by atoms with Crippen molar-refractivity contribution in [3.8, 4) is 0 Å². The first kappa shape index (κ1) is 50.9. The summed E-state index contributed by atoms with van der Waals surface area (Å²) in [6.07, 6.45) is 27.4. The van der Waals surface area contributed by atoms with E-state index in [1.807, 2.05) is 13.8 Å². The highest BCUT2D eigenvalue weighted by Crippen LogP contribution is 2.35. The van der Waals surface area contributed by atoms with E-state index < -0.39 is 57.3 Å². The number of ketones is 4. The zero-order valence-corrected chi connectivity index (χ0v) is 37.9. The van der Waals surface area contributed by atoms with Gasteiger partial charge >= 0.3 is 0 Å². The van der Waals surface area contributed by atoms with Gasteiger partial charge in [0.15, 0.2) is 23.0 Å². The number of hydrogen-bond acceptors (Lipinski definition) is 8. The molecule has 8 heteroatoms. The van der Waals surface area contributed by atoms with E-state index in [2.05, 4.69) is 91.8 Å². The molecule has 0 bridgehead atoms. The van der Waals surface area contributed by atoms with Crippen LogP contribution in [0.15, 0.2) is 139 Å². The van der Waals surface area contributed by atoms with Gasteiger partial charge in [-0.1, -0.05) is 93.2 Å². The molecule has 2 aliphatic rings. The molecule has 0 atom stereocenters. The van der Waals surface area contributed by atoms with Crippen LogP contribution in [0.1, 0.15) is 159 Å². The molecule has 0 aromatic rings. The first-order chi connectivity index (χ1) is 28.3. The van der Waals surface area contributed by atoms with E-state index in [1.54, 1.807) is 12.2 Å². The third-order valence-corrected chi connectivity index (χ3v) is 10.8. The predicted octanol–water partition coefficient (Wildman–Crippen LogP) is 13.6. The molecule has 0 unspecified atom stereocenters. The molecule has 0 saturated heterocycles. The summed E-state index contributed by atoms with van der Waals surface area (Å²) in [6.45, 7) is 20.7. The molecule has 8 nitrogen and oxygen atoms in total. The Hall–Kier alpha value is -5.24. The summed E-state index contributed by atoms with van der Waals surface area (Å²) in [7, 11) is 0. The number of Topliss-reactive ketones (excluding diaryl/α,β-unsaturated/α-hetero) is 4. The predicted molar refractivity (Wildman–Crippen MR) is 245 cm³/mol. The second-order valence-electron chi connectivity index (χ2n) is 16.9. The Labute approximate surface area is 359 Å². The van der Waals surface area contributed by atoms with Crippen LogP contribution in [-0.2, 0) is 19.2 Å². The van der Waals surface area contributed by atoms with Gasteiger partial charge in [0.25, 0.3) is 0 Å². The zero-order chi connectivity index (χ0) is 45.1. The van der Waals surface area contributed by atoms with Crippen molar-refractivity contribution in [3.05, 3.63) is 139 Å². The van der Waals surface area contributed by atoms with Gasteiger partial charge in [-0.15, -0.1) is 0 Å². The van der Waals surface area contributed by atoms with E-state index >= 15 is 0 Å². The van der Waals surface area contributed by atoms with Crippen LogP contribution in [0.5, 0.6) is 0 Å². The normalized spacial score (nSPS) is 16.8. The third kappa shape index (κ3) is 16.4. The molecular weight excluding hydrogens is 753 g/mol. The molecular formula is C52H70O8. The molecule has 0 amide bonds. The summed E-state index contributed by atoms with van der Waals surface area (Å²) in [4.78, 5) is 53.2. The molecule has 326 valence electrons. The summed E-state index contributed by atoms with van der Waals surface area (Å²) in [6, 6.07) is 0. The fourth-order valence-electron chi connectivity index (χ4n) is 6.82. The number of aliphatic hydroxyl groups is 4. The highest BCUT2D eigenvalue weighted by molar-refractivity contribution is 6.33. The number of hydrogen-bond donors (Lipinski definition) is 4. The largest absolute Gasteiger partial charge is 0.504 e. The second kappa shape index (κ2) is 25.4. The maximum atomic E-state index is 13.3. The summed E-state index contributed by atoms with van der Waals surface area (Å²) >= 11 is 0. The van der Waals surface area contributed by atoms with Crippen LogP contribution in [0.3, 0.4) is 0 Å². The fourth-order valence-corrected chi connectivity index (χ4v) is 6.82. The number of carbonyl (C=O) groups is 4. The van der Waals surface area contributed by atoms with Gasteiger partial charge in [-0.25, -0.2) is 0 Å². The number of allylic oxidation sites excluding steroid dienone is 20. The quantitative estimate of drug-likeness (QED) is 0.0588. The third-order valence-electron chi connectivity index (χ3n) is 10.8. The number of aliphatic hydroxyl groups excluding tert-OH is 4. The van der Waals surface area contributed by atoms with Crippen molar-refractivity contribution in [2.24, 2.45) is 0 Å². The lowest BCUT2D eigenvalue weighted by Gasteiger charge is -2.22. The first-order valence-electron chi connectivity index (χ1n) is 21.4. The number of rotatable bonds is 23. The van der Waals surface area contributed by atoms with E-state index in [1.165, 1.54) is 33.4 Å². The van der Waals surface area contributed by atoms with Crippen molar-refractivity contribution in [3.63, 3.8) is 0 Å². The fraction of sp³-hybridized carbons (Fsp3) is 0.462. The Morgan fingerprint density at radius 2 is 0.567 bits per heavy atom. The average Bonchev–Trinajstić information content (AvgIpc) is 3.17. The summed E-state index contributed by atoms with van der Waals surface area (Å²) in [5.41, 5.74) is 6.95. The lowest BCUT2D eigenvalue weighted by molar-refractivity contribution is -0.122. The lowest BCUT2D eigenvalue weighted by Crippen LogP contribution is -2.32. The maximum Gasteiger partial charge on any atom is 0.232 e. The molecule has 0 fully saturated rings. The van der Waals surface area contributed by atoms with Crippen LogP contribution in [0.25, 0.3) is 0 Å². The van der Waals surface area contributed by atoms with Crippen molar-refractivity contribution >= 4 is 23.1 Å². The van der Waals surface area contributed by atoms with Crippen LogP contribution in [0, 0.1) is 0 Å². The Bertz CT molecular complexity index is 1880. The van der Waals surface area contributed by atoms with Crippen molar-refractivity contribution in [2.45, 2.75) is 159 Å². The molecule has 0 radical (unpaired) electrons. The highest BCUT2D eigenvalue weighted by Gasteiger charge is 2.44. The molecule has 0 aromatic carbocycles. The monoisotopic (exact) mass is 823 g/mol. The SMILES string of the molecule is CC(C)=CCC/C(C)=C/CC/C(C)=C/CC/C(C)=C/CC1=C(O)C(=O)C(C2=C(O)C(=O)C(C/C=C(\C)CC/C=C(\C)CC/C=C(\C)CCC=C(C)C)=C(O)C2=O)=C(O)C1=O. The Morgan fingerprint density at radius 3 is 0.817 bits per heavy atom. The second-order valence-corrected chi connectivity index (χ2v) is 16.9. The summed E-state index contributed by atoms with van der Waals surface area (Å²) < 4.78 is 0. The minimum atomic E-state index is -1.31. The van der Waals surface area contributed by atoms with Gasteiger partial charge < -0.3 is 20.4 Å². The Morgan fingerprint density at radius 1 is 0.333 bits per heavy atom. The maximum absolute atomic E-state index is 13.3. The van der Waals surface area contributed by atoms with E-state index in [0.717, 1.165) is 75.4 Å². The van der Waals surface area contributed by atoms with E-state index in [9.17, 15) is 39.6 Å². The van der Waals surface area contributed by atoms with Crippen LogP contribution in [-0.4, -0.2) is 43.6 Å². The zero-order valence-electron chi connectivity index (χ0n) is 37.9. The van der Waals surface area contributed by atoms with Gasteiger partial charge in [-0.3, -0.25) is 19.2 Å². The van der Waals surface area contributed by atoms with Gasteiger partial charge in [0.1, 0.15) is 0 Å². The van der Waals surface area contributed by atoms with E-state index in [4.69, 9.17) is 0 Å². The average molecular weight is 823 g/mol. The van der Waals surface area contributed by atoms with Crippen LogP contribution in [0.2, 0.25) is 0 Å². The molecule has 0 aromatic heterocycles. The topological polar surface area (TPSA) is 149 Å². The van der Waals surface area contributed by atoms with Crippen molar-refractivity contribution in [1.82, 2.24) is 0 Å². The Kier molecular flexibility index (Phi) is 21.5. The lowest BCUT2D eigenvalue weighted by atomic mass is 9.81. The first-order valence-corrected chi connectivity index (χ1v) is 21.4. The minimum Gasteiger partial charge on any atom is -0.504 e. The summed E-state index contributed by atoms with van der Waals surface area (Å²) in [5.74, 6) is -9.25. The number of carbonyl (C=O) groups excluding carboxylic acids is 4. The van der Waals surface area contributed by atoms with Gasteiger partial charge in [-0.2, -0.15) is 0 Å². The van der Waals surface area contributed by atoms with E-state index in [0.29, 0.717) is 12.8 Å². The molecule has 60 heavy (non-hydrogen) atoms. The van der Waals surface area contributed by atoms with Crippen LogP contribution in [0.4, 0.5) is 0 Å². The van der Waals surface area contributed by atoms with Crippen LogP contribution >= 0.6 is 0 Å². The van der Waals surface area contributed by atoms with Gasteiger partial charge in [0.2, 0.25) is 23.1 Å². The van der Waals surface area contributed by atoms with Gasteiger partial charge in [0.05, 0.1) is 22.3 Å². The molecule has 2 rings (SSSR count).